The van der Waals surface area contributed by atoms with E-state index in [4.69, 9.17) is 23.9 Å². The van der Waals surface area contributed by atoms with Gasteiger partial charge in [0, 0.05) is 28.9 Å². The Labute approximate surface area is 364 Å². The van der Waals surface area contributed by atoms with Gasteiger partial charge in [-0.3, -0.25) is 9.59 Å². The maximum Gasteiger partial charge on any atom is 0.407 e. The molecular weight excluding hydrogens is 801 g/mol. The monoisotopic (exact) mass is 854 g/mol. The summed E-state index contributed by atoms with van der Waals surface area (Å²) in [5, 5.41) is 7.53. The van der Waals surface area contributed by atoms with Crippen molar-refractivity contribution in [3.63, 3.8) is 0 Å². The van der Waals surface area contributed by atoms with Gasteiger partial charge in [0.15, 0.2) is 0 Å². The summed E-state index contributed by atoms with van der Waals surface area (Å²) in [4.78, 5) is 73.2. The molecule has 4 fully saturated rings. The second kappa shape index (κ2) is 15.5. The smallest absolute Gasteiger partial charge is 0.407 e. The summed E-state index contributed by atoms with van der Waals surface area (Å²) in [5.41, 5.74) is 7.06. The molecule has 6 aromatic rings. The van der Waals surface area contributed by atoms with Crippen LogP contribution in [0, 0.1) is 23.2 Å². The van der Waals surface area contributed by atoms with Gasteiger partial charge in [0.2, 0.25) is 11.8 Å². The Morgan fingerprint density at radius 1 is 0.794 bits per heavy atom. The zero-order valence-corrected chi connectivity index (χ0v) is 36.5. The van der Waals surface area contributed by atoms with Crippen molar-refractivity contribution in [1.29, 1.82) is 0 Å². The molecule has 4 N–H and O–H groups in total. The number of amides is 4. The highest BCUT2D eigenvalue weighted by Gasteiger charge is 2.55. The van der Waals surface area contributed by atoms with Crippen molar-refractivity contribution in [2.75, 3.05) is 20.8 Å². The van der Waals surface area contributed by atoms with E-state index in [0.29, 0.717) is 12.5 Å². The quantitative estimate of drug-likeness (QED) is 0.105. The number of piperidine rings is 1. The molecular formula is C48H54N8O7. The van der Waals surface area contributed by atoms with Crippen molar-refractivity contribution in [2.45, 2.75) is 96.4 Å². The maximum atomic E-state index is 14.1. The molecule has 4 aliphatic rings. The van der Waals surface area contributed by atoms with Gasteiger partial charge in [0.1, 0.15) is 34.9 Å². The van der Waals surface area contributed by atoms with Gasteiger partial charge >= 0.3 is 12.2 Å². The molecule has 2 saturated heterocycles. The molecule has 2 aliphatic carbocycles. The van der Waals surface area contributed by atoms with E-state index in [-0.39, 0.29) is 47.2 Å². The zero-order chi connectivity index (χ0) is 43.9. The fraction of sp³-hybridized carbons (Fsp3) is 0.458. The van der Waals surface area contributed by atoms with Crippen molar-refractivity contribution < 1.29 is 33.1 Å². The van der Waals surface area contributed by atoms with Crippen LogP contribution >= 0.6 is 0 Å². The molecule has 2 saturated carbocycles. The Balaban J connectivity index is 0.895. The minimum Gasteiger partial charge on any atom is -0.456 e. The largest absolute Gasteiger partial charge is 0.456 e. The summed E-state index contributed by atoms with van der Waals surface area (Å²) >= 11 is 0. The Morgan fingerprint density at radius 3 is 2.10 bits per heavy atom. The lowest BCUT2D eigenvalue weighted by atomic mass is 9.95. The third kappa shape index (κ3) is 7.14. The lowest BCUT2D eigenvalue weighted by Crippen LogP contribution is -2.54. The fourth-order valence-corrected chi connectivity index (χ4v) is 10.6. The van der Waals surface area contributed by atoms with Crippen molar-refractivity contribution in [3.8, 4) is 22.4 Å². The molecule has 15 heteroatoms. The number of hydrogen-bond donors (Lipinski definition) is 4. The summed E-state index contributed by atoms with van der Waals surface area (Å²) in [5.74, 6) is 1.33. The molecule has 4 amide bonds. The lowest BCUT2D eigenvalue weighted by molar-refractivity contribution is -0.139. The third-order valence-corrected chi connectivity index (χ3v) is 14.2. The molecule has 3 aromatic carbocycles. The van der Waals surface area contributed by atoms with E-state index in [0.717, 1.165) is 106 Å². The Kier molecular flexibility index (Phi) is 9.98. The number of fused-ring (bicyclic) bond motifs is 6. The van der Waals surface area contributed by atoms with Gasteiger partial charge in [-0.1, -0.05) is 45.9 Å². The standard InChI is InChI=1S/C48H54N8O7/c1-24(2)39(53-46(59)61-5)44(57)55-23-48(15-16-48)21-36(55)42-49-22-35(52-42)28-9-13-32-31-12-8-27(19-37(31)63-38(32)20-28)26-10-14-33-34(18-26)51-43(50-33)41-29-7-11-30(17-29)56(41)45(58)40(25(3)4)54-47(60)62-6/h8-10,12-14,18-20,22,24-25,29-30,36,39-41H,7,11,15-17,21,23H2,1-6H3,(H,49,52)(H,50,51)(H,53,59)(H,54,60)/t29-,30-,36+,39+,40+,41+/m1/s1. The minimum absolute atomic E-state index is 0.0992. The summed E-state index contributed by atoms with van der Waals surface area (Å²) in [7, 11) is 2.61. The first kappa shape index (κ1) is 40.7. The second-order valence-electron chi connectivity index (χ2n) is 18.9. The Morgan fingerprint density at radius 2 is 1.43 bits per heavy atom. The molecule has 6 atom stereocenters. The Hall–Kier alpha value is -6.38. The van der Waals surface area contributed by atoms with Crippen molar-refractivity contribution in [1.82, 2.24) is 40.4 Å². The highest BCUT2D eigenvalue weighted by atomic mass is 16.5. The molecule has 2 bridgehead atoms. The SMILES string of the molecule is COC(=O)N[C@H](C(=O)N1CC2(CC2)C[C@H]1c1ncc(-c2ccc3c(c2)oc2cc(-c4ccc5nc([C@@H]6[C@@H]7CC[C@H](C7)N6C(=O)[C@@H](NC(=O)OC)C(C)C)[nH]c5c4)ccc23)[nH]1)C(C)C. The first-order valence-electron chi connectivity index (χ1n) is 22.2. The van der Waals surface area contributed by atoms with Crippen LogP contribution in [-0.2, 0) is 19.1 Å². The van der Waals surface area contributed by atoms with Crippen LogP contribution < -0.4 is 10.6 Å². The average molecular weight is 855 g/mol. The highest BCUT2D eigenvalue weighted by molar-refractivity contribution is 6.07. The van der Waals surface area contributed by atoms with E-state index >= 15 is 0 Å². The van der Waals surface area contributed by atoms with Gasteiger partial charge in [0.25, 0.3) is 0 Å². The van der Waals surface area contributed by atoms with Crippen LogP contribution in [0.25, 0.3) is 55.4 Å². The fourth-order valence-electron chi connectivity index (χ4n) is 10.6. The van der Waals surface area contributed by atoms with Crippen molar-refractivity contribution in [2.24, 2.45) is 23.2 Å². The first-order chi connectivity index (χ1) is 30.3. The topological polar surface area (TPSA) is 188 Å². The van der Waals surface area contributed by atoms with E-state index < -0.39 is 24.3 Å². The van der Waals surface area contributed by atoms with Gasteiger partial charge in [-0.15, -0.1) is 0 Å². The number of aromatic amines is 2. The van der Waals surface area contributed by atoms with Crippen LogP contribution in [-0.4, -0.2) is 92.6 Å². The number of nitrogens with one attached hydrogen (secondary N) is 4. The number of hydrogen-bond acceptors (Lipinski definition) is 9. The van der Waals surface area contributed by atoms with Crippen LogP contribution in [0.1, 0.15) is 90.0 Å². The van der Waals surface area contributed by atoms with E-state index in [1.54, 1.807) is 0 Å². The van der Waals surface area contributed by atoms with E-state index in [9.17, 15) is 19.2 Å². The van der Waals surface area contributed by atoms with Crippen LogP contribution in [0.4, 0.5) is 9.59 Å². The molecule has 2 aliphatic heterocycles. The third-order valence-electron chi connectivity index (χ3n) is 14.2. The number of methoxy groups -OCH3 is 2. The predicted molar refractivity (Wildman–Crippen MR) is 236 cm³/mol. The van der Waals surface area contributed by atoms with E-state index in [1.165, 1.54) is 14.2 Å². The normalized spacial score (nSPS) is 22.2. The molecule has 328 valence electrons. The number of benzene rings is 3. The molecule has 0 radical (unpaired) electrons. The number of likely N-dealkylation sites (tertiary alicyclic amines) is 2. The number of carbonyl (C=O) groups is 4. The second-order valence-corrected chi connectivity index (χ2v) is 18.9. The van der Waals surface area contributed by atoms with Crippen LogP contribution in [0.2, 0.25) is 0 Å². The van der Waals surface area contributed by atoms with Crippen LogP contribution in [0.15, 0.2) is 65.2 Å². The number of carbonyl (C=O) groups excluding carboxylic acids is 4. The average Bonchev–Trinajstić information content (AvgIpc) is 3.97. The summed E-state index contributed by atoms with van der Waals surface area (Å²) in [6.45, 7) is 8.34. The van der Waals surface area contributed by atoms with Crippen molar-refractivity contribution >= 4 is 57.0 Å². The maximum absolute atomic E-state index is 14.1. The molecule has 10 rings (SSSR count). The number of furan rings is 1. The number of nitrogens with zero attached hydrogens (tertiary/aromatic N) is 4. The van der Waals surface area contributed by atoms with Gasteiger partial charge in [-0.2, -0.15) is 0 Å². The van der Waals surface area contributed by atoms with Gasteiger partial charge in [-0.25, -0.2) is 19.6 Å². The summed E-state index contributed by atoms with van der Waals surface area (Å²) in [6, 6.07) is 16.9. The molecule has 15 nitrogen and oxygen atoms in total. The molecule has 63 heavy (non-hydrogen) atoms. The van der Waals surface area contributed by atoms with E-state index in [1.807, 2.05) is 55.8 Å². The lowest BCUT2D eigenvalue weighted by Gasteiger charge is -2.37. The Bertz CT molecular complexity index is 2780. The predicted octanol–water partition coefficient (Wildman–Crippen LogP) is 8.39. The first-order valence-corrected chi connectivity index (χ1v) is 22.2. The highest BCUT2D eigenvalue weighted by Crippen LogP contribution is 2.58. The molecule has 1 spiro atoms. The van der Waals surface area contributed by atoms with Gasteiger partial charge in [0.05, 0.1) is 49.2 Å². The van der Waals surface area contributed by atoms with Crippen LogP contribution in [0.3, 0.4) is 0 Å². The number of rotatable bonds is 10. The summed E-state index contributed by atoms with van der Waals surface area (Å²) < 4.78 is 16.2. The molecule has 3 aromatic heterocycles. The number of aromatic nitrogens is 4. The van der Waals surface area contributed by atoms with Gasteiger partial charge in [-0.05, 0) is 109 Å². The number of ether oxygens (including phenoxy) is 2. The summed E-state index contributed by atoms with van der Waals surface area (Å²) in [6.07, 6.45) is 6.44. The zero-order valence-electron chi connectivity index (χ0n) is 36.5. The molecule has 0 unspecified atom stereocenters. The van der Waals surface area contributed by atoms with E-state index in [2.05, 4.69) is 63.1 Å². The van der Waals surface area contributed by atoms with Crippen molar-refractivity contribution in [3.05, 3.63) is 72.4 Å². The van der Waals surface area contributed by atoms with Crippen LogP contribution in [0.5, 0.6) is 0 Å². The van der Waals surface area contributed by atoms with Gasteiger partial charge < -0.3 is 44.3 Å². The number of imidazole rings is 2. The number of alkyl carbamates (subject to hydrolysis) is 2. The minimum atomic E-state index is -0.704. The molecule has 5 heterocycles. The number of H-pyrrole nitrogens is 2.